The molecular weight excluding hydrogens is 424 g/mol. The van der Waals surface area contributed by atoms with Crippen LogP contribution in [0.25, 0.3) is 0 Å². The van der Waals surface area contributed by atoms with Crippen molar-refractivity contribution in [2.75, 3.05) is 0 Å². The second-order valence-electron chi connectivity index (χ2n) is 10.4. The molecule has 1 heterocycles. The Bertz CT molecular complexity index is 861. The van der Waals surface area contributed by atoms with E-state index in [-0.39, 0.29) is 5.60 Å². The number of fused-ring (bicyclic) bond motifs is 1. The van der Waals surface area contributed by atoms with Crippen LogP contribution in [0.2, 0.25) is 0 Å². The van der Waals surface area contributed by atoms with Crippen molar-refractivity contribution < 1.29 is 4.74 Å². The lowest BCUT2D eigenvalue weighted by molar-refractivity contribution is 0.0560. The highest BCUT2D eigenvalue weighted by Gasteiger charge is 2.33. The first-order chi connectivity index (χ1) is 16.5. The van der Waals surface area contributed by atoms with E-state index >= 15 is 0 Å². The van der Waals surface area contributed by atoms with Crippen LogP contribution in [-0.4, -0.2) is 5.60 Å². The predicted molar refractivity (Wildman–Crippen MR) is 160 cm³/mol. The van der Waals surface area contributed by atoms with Gasteiger partial charge in [0.1, 0.15) is 11.4 Å². The molecule has 0 aromatic heterocycles. The van der Waals surface area contributed by atoms with Gasteiger partial charge in [-0.15, -0.1) is 0 Å². The molecule has 0 amide bonds. The van der Waals surface area contributed by atoms with Crippen LogP contribution in [0.3, 0.4) is 0 Å². The highest BCUT2D eigenvalue weighted by atomic mass is 16.5. The smallest absolute Gasteiger partial charge is 0.126 e. The molecule has 1 nitrogen and oxygen atoms in total. The van der Waals surface area contributed by atoms with E-state index in [4.69, 9.17) is 4.74 Å². The third-order valence-electron chi connectivity index (χ3n) is 7.30. The van der Waals surface area contributed by atoms with E-state index in [2.05, 4.69) is 80.5 Å². The second kappa shape index (κ2) is 16.8. The highest BCUT2D eigenvalue weighted by Crippen LogP contribution is 2.42. The fourth-order valence-corrected chi connectivity index (χ4v) is 4.62. The normalized spacial score (nSPS) is 17.3. The van der Waals surface area contributed by atoms with Gasteiger partial charge in [-0.05, 0) is 141 Å². The van der Waals surface area contributed by atoms with Crippen molar-refractivity contribution in [3.63, 3.8) is 0 Å². The number of rotatable bonds is 9. The van der Waals surface area contributed by atoms with Crippen LogP contribution in [0.15, 0.2) is 34.9 Å². The van der Waals surface area contributed by atoms with E-state index in [9.17, 15) is 0 Å². The van der Waals surface area contributed by atoms with Crippen molar-refractivity contribution in [1.29, 1.82) is 0 Å². The number of benzene rings is 1. The zero-order valence-electron chi connectivity index (χ0n) is 25.8. The van der Waals surface area contributed by atoms with E-state index < -0.39 is 0 Å². The van der Waals surface area contributed by atoms with E-state index in [0.29, 0.717) is 0 Å². The quantitative estimate of drug-likeness (QED) is 0.318. The van der Waals surface area contributed by atoms with Gasteiger partial charge in [0.15, 0.2) is 0 Å². The highest BCUT2D eigenvalue weighted by molar-refractivity contribution is 5.55. The topological polar surface area (TPSA) is 9.23 Å². The summed E-state index contributed by atoms with van der Waals surface area (Å²) < 4.78 is 6.67. The number of hydrogen-bond acceptors (Lipinski definition) is 1. The van der Waals surface area contributed by atoms with Crippen molar-refractivity contribution in [2.45, 2.75) is 147 Å². The van der Waals surface area contributed by atoms with Crippen LogP contribution in [0.5, 0.6) is 5.75 Å². The van der Waals surface area contributed by atoms with E-state index in [1.165, 1.54) is 63.1 Å². The first-order valence-electron chi connectivity index (χ1n) is 14.3. The molecule has 2 rings (SSSR count). The number of allylic oxidation sites excluding steroid dienone is 6. The summed E-state index contributed by atoms with van der Waals surface area (Å²) in [6, 6.07) is 0. The lowest BCUT2D eigenvalue weighted by atomic mass is 9.83. The predicted octanol–water partition coefficient (Wildman–Crippen LogP) is 11.3. The van der Waals surface area contributed by atoms with Crippen LogP contribution in [0, 0.1) is 27.7 Å². The van der Waals surface area contributed by atoms with E-state index in [1.54, 1.807) is 0 Å². The van der Waals surface area contributed by atoms with Gasteiger partial charge in [-0.2, -0.15) is 0 Å². The molecule has 35 heavy (non-hydrogen) atoms. The monoisotopic (exact) mass is 482 g/mol. The molecule has 200 valence electrons. The molecule has 1 aliphatic rings. The second-order valence-corrected chi connectivity index (χ2v) is 10.4. The van der Waals surface area contributed by atoms with Crippen LogP contribution >= 0.6 is 0 Å². The van der Waals surface area contributed by atoms with Gasteiger partial charge in [-0.1, -0.05) is 62.6 Å². The maximum Gasteiger partial charge on any atom is 0.126 e. The van der Waals surface area contributed by atoms with Gasteiger partial charge in [0.25, 0.3) is 0 Å². The summed E-state index contributed by atoms with van der Waals surface area (Å²) in [4.78, 5) is 0. The molecule has 1 atom stereocenters. The van der Waals surface area contributed by atoms with E-state index in [0.717, 1.165) is 38.5 Å². The first-order valence-corrected chi connectivity index (χ1v) is 14.3. The summed E-state index contributed by atoms with van der Waals surface area (Å²) in [7, 11) is 0. The van der Waals surface area contributed by atoms with Gasteiger partial charge in [0, 0.05) is 0 Å². The molecule has 0 bridgehead atoms. The molecule has 0 N–H and O–H groups in total. The van der Waals surface area contributed by atoms with Crippen molar-refractivity contribution >= 4 is 0 Å². The fraction of sp³-hybridized carbons (Fsp3) is 0.647. The Morgan fingerprint density at radius 2 is 1.20 bits per heavy atom. The average molecular weight is 483 g/mol. The maximum atomic E-state index is 6.67. The molecule has 0 saturated carbocycles. The summed E-state index contributed by atoms with van der Waals surface area (Å²) in [6.45, 7) is 28.2. The zero-order chi connectivity index (χ0) is 27.2. The Morgan fingerprint density at radius 3 is 1.74 bits per heavy atom. The fourth-order valence-electron chi connectivity index (χ4n) is 4.62. The molecule has 0 saturated heterocycles. The van der Waals surface area contributed by atoms with Crippen molar-refractivity contribution in [2.24, 2.45) is 0 Å². The lowest BCUT2D eigenvalue weighted by Crippen LogP contribution is -2.37. The Kier molecular flexibility index (Phi) is 16.0. The maximum absolute atomic E-state index is 6.67. The number of hydrogen-bond donors (Lipinski definition) is 0. The largest absolute Gasteiger partial charge is 0.487 e. The summed E-state index contributed by atoms with van der Waals surface area (Å²) in [5, 5.41) is 0. The minimum Gasteiger partial charge on any atom is -0.487 e. The standard InChI is InChI=1S/C30H46O.2C2H6/c1-21(2)13-10-14-22(3)15-11-16-23(4)17-12-19-30(9)20-18-28-26(7)24(5)25(6)27(8)29(28)31-30;2*1-2/h13,15,17H,10-12,14,16,18-20H2,1-9H3;2*1-2H3/b22-15+,23-17+;;. The molecule has 0 radical (unpaired) electrons. The zero-order valence-corrected chi connectivity index (χ0v) is 25.8. The summed E-state index contributed by atoms with van der Waals surface area (Å²) in [5.74, 6) is 1.17. The molecular formula is C34H58O. The molecule has 1 aliphatic heterocycles. The van der Waals surface area contributed by atoms with Crippen molar-refractivity contribution in [3.05, 3.63) is 62.8 Å². The van der Waals surface area contributed by atoms with Gasteiger partial charge in [0.05, 0.1) is 0 Å². The van der Waals surface area contributed by atoms with Crippen LogP contribution in [0.1, 0.15) is 135 Å². The Hall–Kier alpha value is -1.76. The lowest BCUT2D eigenvalue weighted by Gasteiger charge is -2.38. The summed E-state index contributed by atoms with van der Waals surface area (Å²) >= 11 is 0. The summed E-state index contributed by atoms with van der Waals surface area (Å²) in [6.07, 6.45) is 16.3. The Labute approximate surface area is 220 Å². The molecule has 0 aliphatic carbocycles. The minimum atomic E-state index is -0.0515. The minimum absolute atomic E-state index is 0.0515. The average Bonchev–Trinajstić information content (AvgIpc) is 2.83. The molecule has 1 aromatic carbocycles. The van der Waals surface area contributed by atoms with Crippen LogP contribution in [-0.2, 0) is 6.42 Å². The third-order valence-corrected chi connectivity index (χ3v) is 7.30. The van der Waals surface area contributed by atoms with Crippen molar-refractivity contribution in [1.82, 2.24) is 0 Å². The van der Waals surface area contributed by atoms with Gasteiger partial charge >= 0.3 is 0 Å². The Morgan fingerprint density at radius 1 is 0.714 bits per heavy atom. The van der Waals surface area contributed by atoms with Gasteiger partial charge in [-0.3, -0.25) is 0 Å². The van der Waals surface area contributed by atoms with E-state index in [1.807, 2.05) is 27.7 Å². The van der Waals surface area contributed by atoms with Gasteiger partial charge in [-0.25, -0.2) is 0 Å². The first kappa shape index (κ1) is 33.2. The van der Waals surface area contributed by atoms with Crippen LogP contribution in [0.4, 0.5) is 0 Å². The van der Waals surface area contributed by atoms with Crippen LogP contribution < -0.4 is 4.74 Å². The number of ether oxygens (including phenoxy) is 1. The van der Waals surface area contributed by atoms with Crippen molar-refractivity contribution in [3.8, 4) is 5.75 Å². The molecule has 1 unspecified atom stereocenters. The summed E-state index contributed by atoms with van der Waals surface area (Å²) in [5.41, 5.74) is 11.4. The molecule has 1 heteroatoms. The molecule has 0 fully saturated rings. The Balaban J connectivity index is 0.00000274. The molecule has 1 aromatic rings. The van der Waals surface area contributed by atoms with Gasteiger partial charge in [0.2, 0.25) is 0 Å². The SMILES string of the molecule is CC.CC.CC(C)=CCC/C(C)=C/CC/C(C)=C/CCC1(C)CCc2c(C)c(C)c(C)c(C)c2O1. The van der Waals surface area contributed by atoms with Gasteiger partial charge < -0.3 is 4.74 Å². The molecule has 0 spiro atoms. The third kappa shape index (κ3) is 10.8.